The SMILES string of the molecule is COc1ccc(F)cc1C(Cl)C(C)(C)S(C)(=O)=O. The number of halogens is 2. The third-order valence-electron chi connectivity index (χ3n) is 3.03. The molecule has 0 radical (unpaired) electrons. The summed E-state index contributed by atoms with van der Waals surface area (Å²) in [4.78, 5) is 0. The van der Waals surface area contributed by atoms with E-state index in [2.05, 4.69) is 0 Å². The molecular formula is C12H16ClFO3S. The van der Waals surface area contributed by atoms with Gasteiger partial charge in [-0.2, -0.15) is 0 Å². The summed E-state index contributed by atoms with van der Waals surface area (Å²) in [6.07, 6.45) is 1.11. The second-order valence-electron chi connectivity index (χ2n) is 4.62. The van der Waals surface area contributed by atoms with Crippen molar-refractivity contribution in [3.63, 3.8) is 0 Å². The fraction of sp³-hybridized carbons (Fsp3) is 0.500. The van der Waals surface area contributed by atoms with Crippen LogP contribution in [0.25, 0.3) is 0 Å². The highest BCUT2D eigenvalue weighted by molar-refractivity contribution is 7.92. The fourth-order valence-electron chi connectivity index (χ4n) is 1.47. The molecule has 0 saturated carbocycles. The third-order valence-corrected chi connectivity index (χ3v) is 6.09. The van der Waals surface area contributed by atoms with Crippen LogP contribution in [-0.2, 0) is 9.84 Å². The first kappa shape index (κ1) is 15.2. The van der Waals surface area contributed by atoms with Crippen molar-refractivity contribution in [2.75, 3.05) is 13.4 Å². The molecule has 0 saturated heterocycles. The summed E-state index contributed by atoms with van der Waals surface area (Å²) in [6.45, 7) is 3.01. The van der Waals surface area contributed by atoms with E-state index in [1.54, 1.807) is 0 Å². The predicted octanol–water partition coefficient (Wildman–Crippen LogP) is 2.94. The van der Waals surface area contributed by atoms with Crippen molar-refractivity contribution in [1.82, 2.24) is 0 Å². The standard InChI is InChI=1S/C12H16ClFO3S/c1-12(2,18(4,15)16)11(13)9-7-8(14)5-6-10(9)17-3/h5-7,11H,1-4H3. The largest absolute Gasteiger partial charge is 0.496 e. The second-order valence-corrected chi connectivity index (χ2v) is 7.66. The number of alkyl halides is 1. The highest BCUT2D eigenvalue weighted by atomic mass is 35.5. The van der Waals surface area contributed by atoms with E-state index >= 15 is 0 Å². The minimum Gasteiger partial charge on any atom is -0.496 e. The van der Waals surface area contributed by atoms with Crippen molar-refractivity contribution in [3.05, 3.63) is 29.6 Å². The molecule has 6 heteroatoms. The van der Waals surface area contributed by atoms with Gasteiger partial charge in [0.15, 0.2) is 9.84 Å². The van der Waals surface area contributed by atoms with Gasteiger partial charge < -0.3 is 4.74 Å². The Morgan fingerprint density at radius 1 is 1.39 bits per heavy atom. The molecule has 0 bridgehead atoms. The Kier molecular flexibility index (Phi) is 4.28. The van der Waals surface area contributed by atoms with E-state index in [0.717, 1.165) is 6.26 Å². The van der Waals surface area contributed by atoms with Crippen molar-refractivity contribution in [3.8, 4) is 5.75 Å². The Balaban J connectivity index is 3.35. The summed E-state index contributed by atoms with van der Waals surface area (Å²) in [5.41, 5.74) is 0.328. The van der Waals surface area contributed by atoms with E-state index in [-0.39, 0.29) is 0 Å². The summed E-state index contributed by atoms with van der Waals surface area (Å²) < 4.78 is 40.6. The van der Waals surface area contributed by atoms with Gasteiger partial charge in [0.25, 0.3) is 0 Å². The van der Waals surface area contributed by atoms with E-state index < -0.39 is 25.8 Å². The monoisotopic (exact) mass is 294 g/mol. The molecule has 3 nitrogen and oxygen atoms in total. The van der Waals surface area contributed by atoms with Crippen molar-refractivity contribution in [2.24, 2.45) is 0 Å². The molecule has 1 atom stereocenters. The van der Waals surface area contributed by atoms with Crippen LogP contribution < -0.4 is 4.74 Å². The van der Waals surface area contributed by atoms with E-state index in [1.165, 1.54) is 39.2 Å². The number of hydrogen-bond donors (Lipinski definition) is 0. The third kappa shape index (κ3) is 2.78. The lowest BCUT2D eigenvalue weighted by Gasteiger charge is -2.29. The number of rotatable bonds is 4. The lowest BCUT2D eigenvalue weighted by molar-refractivity contribution is 0.404. The van der Waals surface area contributed by atoms with Gasteiger partial charge in [0.1, 0.15) is 11.6 Å². The second kappa shape index (κ2) is 5.05. The maximum atomic E-state index is 13.3. The van der Waals surface area contributed by atoms with Crippen molar-refractivity contribution in [2.45, 2.75) is 24.0 Å². The quantitative estimate of drug-likeness (QED) is 0.802. The first-order chi connectivity index (χ1) is 8.11. The molecule has 1 unspecified atom stereocenters. The number of benzene rings is 1. The van der Waals surface area contributed by atoms with Crippen LogP contribution in [0.1, 0.15) is 24.8 Å². The Hall–Kier alpha value is -0.810. The summed E-state index contributed by atoms with van der Waals surface area (Å²) in [6, 6.07) is 3.86. The van der Waals surface area contributed by atoms with Gasteiger partial charge in [-0.15, -0.1) is 11.6 Å². The van der Waals surface area contributed by atoms with Crippen LogP contribution in [0.5, 0.6) is 5.75 Å². The van der Waals surface area contributed by atoms with Gasteiger partial charge in [0.2, 0.25) is 0 Å². The van der Waals surface area contributed by atoms with Crippen LogP contribution in [0, 0.1) is 5.82 Å². The zero-order valence-electron chi connectivity index (χ0n) is 10.7. The molecule has 18 heavy (non-hydrogen) atoms. The van der Waals surface area contributed by atoms with E-state index in [0.29, 0.717) is 11.3 Å². The molecule has 1 rings (SSSR count). The average molecular weight is 295 g/mol. The highest BCUT2D eigenvalue weighted by Gasteiger charge is 2.40. The lowest BCUT2D eigenvalue weighted by Crippen LogP contribution is -2.35. The van der Waals surface area contributed by atoms with E-state index in [9.17, 15) is 12.8 Å². The van der Waals surface area contributed by atoms with Crippen LogP contribution in [0.15, 0.2) is 18.2 Å². The van der Waals surface area contributed by atoms with E-state index in [4.69, 9.17) is 16.3 Å². The Bertz CT molecular complexity index is 540. The zero-order valence-corrected chi connectivity index (χ0v) is 12.3. The molecule has 0 heterocycles. The summed E-state index contributed by atoms with van der Waals surface area (Å²) in [5.74, 6) is -0.117. The van der Waals surface area contributed by atoms with Crippen LogP contribution in [0.2, 0.25) is 0 Å². The summed E-state index contributed by atoms with van der Waals surface area (Å²) >= 11 is 6.21. The van der Waals surface area contributed by atoms with Crippen LogP contribution >= 0.6 is 11.6 Å². The Labute approximate surface area is 112 Å². The molecule has 0 spiro atoms. The first-order valence-corrected chi connectivity index (χ1v) is 7.61. The van der Waals surface area contributed by atoms with Gasteiger partial charge in [-0.1, -0.05) is 0 Å². The molecule has 0 aliphatic rings. The zero-order chi connectivity index (χ0) is 14.1. The van der Waals surface area contributed by atoms with Gasteiger partial charge >= 0.3 is 0 Å². The van der Waals surface area contributed by atoms with Gasteiger partial charge in [-0.3, -0.25) is 0 Å². The van der Waals surface area contributed by atoms with Crippen molar-refractivity contribution >= 4 is 21.4 Å². The highest BCUT2D eigenvalue weighted by Crippen LogP contribution is 2.41. The molecular weight excluding hydrogens is 279 g/mol. The average Bonchev–Trinajstić information content (AvgIpc) is 2.26. The number of sulfone groups is 1. The molecule has 0 aromatic heterocycles. The first-order valence-electron chi connectivity index (χ1n) is 5.28. The van der Waals surface area contributed by atoms with Crippen molar-refractivity contribution < 1.29 is 17.5 Å². The molecule has 0 N–H and O–H groups in total. The summed E-state index contributed by atoms with van der Waals surface area (Å²) in [5, 5.41) is -0.904. The van der Waals surface area contributed by atoms with Gasteiger partial charge in [0, 0.05) is 11.8 Å². The molecule has 0 fully saturated rings. The minimum absolute atomic E-state index is 0.328. The molecule has 1 aromatic carbocycles. The lowest BCUT2D eigenvalue weighted by atomic mass is 10.0. The normalized spacial score (nSPS) is 14.3. The van der Waals surface area contributed by atoms with Crippen LogP contribution in [-0.4, -0.2) is 26.5 Å². The molecule has 0 amide bonds. The maximum absolute atomic E-state index is 13.3. The fourth-order valence-corrected chi connectivity index (χ4v) is 2.62. The Morgan fingerprint density at radius 3 is 2.39 bits per heavy atom. The van der Waals surface area contributed by atoms with Crippen molar-refractivity contribution in [1.29, 1.82) is 0 Å². The molecule has 0 aliphatic heterocycles. The Morgan fingerprint density at radius 2 is 1.94 bits per heavy atom. The van der Waals surface area contributed by atoms with Gasteiger partial charge in [-0.25, -0.2) is 12.8 Å². The number of hydrogen-bond acceptors (Lipinski definition) is 3. The van der Waals surface area contributed by atoms with E-state index in [1.807, 2.05) is 0 Å². The number of methoxy groups -OCH3 is 1. The molecule has 102 valence electrons. The number of ether oxygens (including phenoxy) is 1. The molecule has 1 aromatic rings. The summed E-state index contributed by atoms with van der Waals surface area (Å²) in [7, 11) is -1.97. The van der Waals surface area contributed by atoms with Crippen LogP contribution in [0.3, 0.4) is 0 Å². The minimum atomic E-state index is -3.40. The predicted molar refractivity (Wildman–Crippen MR) is 70.5 cm³/mol. The maximum Gasteiger partial charge on any atom is 0.154 e. The van der Waals surface area contributed by atoms with Gasteiger partial charge in [0.05, 0.1) is 17.2 Å². The van der Waals surface area contributed by atoms with Crippen LogP contribution in [0.4, 0.5) is 4.39 Å². The smallest absolute Gasteiger partial charge is 0.154 e. The van der Waals surface area contributed by atoms with Gasteiger partial charge in [-0.05, 0) is 32.0 Å². The topological polar surface area (TPSA) is 43.4 Å². The molecule has 0 aliphatic carbocycles.